The van der Waals surface area contributed by atoms with Crippen LogP contribution in [0.15, 0.2) is 42.5 Å². The van der Waals surface area contributed by atoms with Crippen LogP contribution in [0.1, 0.15) is 29.5 Å². The first-order valence-corrected chi connectivity index (χ1v) is 12.2. The van der Waals surface area contributed by atoms with Crippen molar-refractivity contribution in [3.05, 3.63) is 69.2 Å². The normalized spacial score (nSPS) is 20.5. The number of likely N-dealkylation sites (tertiary alicyclic amines) is 1. The molecule has 2 N–H and O–H groups in total. The van der Waals surface area contributed by atoms with Crippen LogP contribution in [0.4, 0.5) is 13.2 Å². The third kappa shape index (κ3) is 4.63. The molecule has 5 nitrogen and oxygen atoms in total. The standard InChI is InChI=1S/C25H24Cl2F3N3O2/c26-17-5-6-18(19(27)10-17)24(7-8-24)22(35)32-20(21(34)33-13-23(14-33)11-31-12-23)9-15-1-3-16(4-2-15)25(28,29)30/h1-6,10,20,31H,7-9,11-14H2,(H,32,35)/t20-/m0/s1. The van der Waals surface area contributed by atoms with Crippen molar-refractivity contribution in [1.29, 1.82) is 0 Å². The molecule has 1 spiro atoms. The molecule has 0 radical (unpaired) electrons. The van der Waals surface area contributed by atoms with Gasteiger partial charge in [0.05, 0.1) is 11.0 Å². The number of nitrogens with one attached hydrogen (secondary N) is 2. The number of nitrogens with zero attached hydrogens (tertiary/aromatic N) is 1. The molecule has 2 heterocycles. The van der Waals surface area contributed by atoms with Crippen LogP contribution in [0.25, 0.3) is 0 Å². The van der Waals surface area contributed by atoms with E-state index in [1.807, 2.05) is 0 Å². The van der Waals surface area contributed by atoms with Crippen molar-refractivity contribution in [2.75, 3.05) is 26.2 Å². The summed E-state index contributed by atoms with van der Waals surface area (Å²) in [5.41, 5.74) is -0.303. The van der Waals surface area contributed by atoms with E-state index in [0.717, 1.165) is 25.2 Å². The Morgan fingerprint density at radius 2 is 1.71 bits per heavy atom. The zero-order valence-corrected chi connectivity index (χ0v) is 20.2. The molecule has 35 heavy (non-hydrogen) atoms. The zero-order valence-electron chi connectivity index (χ0n) is 18.7. The number of halogens is 5. The Morgan fingerprint density at radius 3 is 2.23 bits per heavy atom. The molecule has 3 fully saturated rings. The molecule has 1 aliphatic carbocycles. The van der Waals surface area contributed by atoms with Crippen molar-refractivity contribution in [2.45, 2.75) is 36.9 Å². The van der Waals surface area contributed by atoms with Crippen molar-refractivity contribution >= 4 is 35.0 Å². The molecule has 0 aromatic heterocycles. The highest BCUT2D eigenvalue weighted by Crippen LogP contribution is 2.51. The Balaban J connectivity index is 1.35. The van der Waals surface area contributed by atoms with Crippen LogP contribution in [0.2, 0.25) is 10.0 Å². The van der Waals surface area contributed by atoms with Crippen LogP contribution in [0.3, 0.4) is 0 Å². The Kier molecular flexibility index (Phi) is 6.05. The number of benzene rings is 2. The number of hydrogen-bond donors (Lipinski definition) is 2. The van der Waals surface area contributed by atoms with E-state index in [1.165, 1.54) is 12.1 Å². The van der Waals surface area contributed by atoms with Crippen molar-refractivity contribution in [3.8, 4) is 0 Å². The second kappa shape index (κ2) is 8.68. The van der Waals surface area contributed by atoms with Gasteiger partial charge in [0.1, 0.15) is 6.04 Å². The van der Waals surface area contributed by atoms with Gasteiger partial charge in [-0.05, 0) is 48.2 Å². The molecule has 2 aliphatic heterocycles. The van der Waals surface area contributed by atoms with E-state index in [2.05, 4.69) is 10.6 Å². The Labute approximate surface area is 211 Å². The zero-order chi connectivity index (χ0) is 25.0. The van der Waals surface area contributed by atoms with Gasteiger partial charge in [-0.1, -0.05) is 41.4 Å². The molecule has 10 heteroatoms. The summed E-state index contributed by atoms with van der Waals surface area (Å²) < 4.78 is 38.9. The number of carbonyl (C=O) groups is 2. The fourth-order valence-electron chi connectivity index (χ4n) is 5.03. The first-order valence-electron chi connectivity index (χ1n) is 11.4. The van der Waals surface area contributed by atoms with Gasteiger partial charge in [-0.15, -0.1) is 0 Å². The van der Waals surface area contributed by atoms with Gasteiger partial charge >= 0.3 is 6.18 Å². The average Bonchev–Trinajstić information content (AvgIpc) is 3.52. The summed E-state index contributed by atoms with van der Waals surface area (Å²) in [4.78, 5) is 28.5. The van der Waals surface area contributed by atoms with Gasteiger partial charge < -0.3 is 15.5 Å². The van der Waals surface area contributed by atoms with Gasteiger partial charge in [-0.25, -0.2) is 0 Å². The fourth-order valence-corrected chi connectivity index (χ4v) is 5.61. The first-order chi connectivity index (χ1) is 16.5. The Bertz CT molecular complexity index is 1150. The van der Waals surface area contributed by atoms with Gasteiger partial charge in [-0.2, -0.15) is 13.2 Å². The van der Waals surface area contributed by atoms with Crippen molar-refractivity contribution in [1.82, 2.24) is 15.5 Å². The highest BCUT2D eigenvalue weighted by molar-refractivity contribution is 6.35. The Morgan fingerprint density at radius 1 is 1.06 bits per heavy atom. The molecule has 2 amide bonds. The van der Waals surface area contributed by atoms with Crippen LogP contribution in [0, 0.1) is 5.41 Å². The van der Waals surface area contributed by atoms with Crippen molar-refractivity contribution < 1.29 is 22.8 Å². The van der Waals surface area contributed by atoms with Crippen LogP contribution >= 0.6 is 23.2 Å². The molecular weight excluding hydrogens is 502 g/mol. The highest BCUT2D eigenvalue weighted by atomic mass is 35.5. The summed E-state index contributed by atoms with van der Waals surface area (Å²) in [7, 11) is 0. The summed E-state index contributed by atoms with van der Waals surface area (Å²) in [5.74, 6) is -0.540. The third-order valence-electron chi connectivity index (χ3n) is 7.32. The molecule has 1 saturated carbocycles. The smallest absolute Gasteiger partial charge is 0.343 e. The largest absolute Gasteiger partial charge is 0.416 e. The third-order valence-corrected chi connectivity index (χ3v) is 7.87. The quantitative estimate of drug-likeness (QED) is 0.594. The molecule has 5 rings (SSSR count). The van der Waals surface area contributed by atoms with E-state index in [0.29, 0.717) is 47.1 Å². The van der Waals surface area contributed by atoms with E-state index in [-0.39, 0.29) is 23.7 Å². The predicted molar refractivity (Wildman–Crippen MR) is 126 cm³/mol. The lowest BCUT2D eigenvalue weighted by Gasteiger charge is -2.56. The molecule has 2 aromatic rings. The topological polar surface area (TPSA) is 61.4 Å². The lowest BCUT2D eigenvalue weighted by Crippen LogP contribution is -2.73. The van der Waals surface area contributed by atoms with Crippen molar-refractivity contribution in [2.24, 2.45) is 5.41 Å². The molecule has 2 aromatic carbocycles. The summed E-state index contributed by atoms with van der Waals surface area (Å²) in [5, 5.41) is 6.97. The second-order valence-corrected chi connectivity index (χ2v) is 10.8. The molecule has 186 valence electrons. The van der Waals surface area contributed by atoms with Gasteiger partial charge in [0.25, 0.3) is 0 Å². The first kappa shape index (κ1) is 24.4. The van der Waals surface area contributed by atoms with E-state index >= 15 is 0 Å². The number of amides is 2. The maximum Gasteiger partial charge on any atom is 0.416 e. The van der Waals surface area contributed by atoms with E-state index in [9.17, 15) is 22.8 Å². The number of carbonyl (C=O) groups excluding carboxylic acids is 2. The lowest BCUT2D eigenvalue weighted by molar-refractivity contribution is -0.150. The molecule has 0 bridgehead atoms. The van der Waals surface area contributed by atoms with Crippen LogP contribution < -0.4 is 10.6 Å². The molecule has 2 saturated heterocycles. The minimum Gasteiger partial charge on any atom is -0.343 e. The summed E-state index contributed by atoms with van der Waals surface area (Å²) >= 11 is 12.4. The molecule has 3 aliphatic rings. The van der Waals surface area contributed by atoms with Gasteiger partial charge in [0, 0.05) is 48.1 Å². The maximum atomic E-state index is 13.4. The fraction of sp³-hybridized carbons (Fsp3) is 0.440. The molecule has 1 atom stereocenters. The summed E-state index contributed by atoms with van der Waals surface area (Å²) in [6.45, 7) is 2.91. The lowest BCUT2D eigenvalue weighted by atomic mass is 9.74. The highest BCUT2D eigenvalue weighted by Gasteiger charge is 2.54. The minimum atomic E-state index is -4.44. The summed E-state index contributed by atoms with van der Waals surface area (Å²) in [6.07, 6.45) is -3.18. The average molecular weight is 526 g/mol. The van der Waals surface area contributed by atoms with Crippen molar-refractivity contribution in [3.63, 3.8) is 0 Å². The predicted octanol–water partition coefficient (Wildman–Crippen LogP) is 4.20. The van der Waals surface area contributed by atoms with E-state index < -0.39 is 23.2 Å². The van der Waals surface area contributed by atoms with Gasteiger partial charge in [0.15, 0.2) is 0 Å². The van der Waals surface area contributed by atoms with Crippen LogP contribution in [0.5, 0.6) is 0 Å². The molecular formula is C25H24Cl2F3N3O2. The van der Waals surface area contributed by atoms with Gasteiger partial charge in [-0.3, -0.25) is 9.59 Å². The number of rotatable bonds is 6. The molecule has 0 unspecified atom stereocenters. The van der Waals surface area contributed by atoms with Gasteiger partial charge in [0.2, 0.25) is 11.8 Å². The SMILES string of the molecule is O=C([C@H](Cc1ccc(C(F)(F)F)cc1)NC(=O)C1(c2ccc(Cl)cc2Cl)CC1)N1CC2(CNC2)C1. The maximum absolute atomic E-state index is 13.4. The monoisotopic (exact) mass is 525 g/mol. The number of alkyl halides is 3. The minimum absolute atomic E-state index is 0.0922. The van der Waals surface area contributed by atoms with Crippen LogP contribution in [-0.2, 0) is 27.6 Å². The summed E-state index contributed by atoms with van der Waals surface area (Å²) in [6, 6.07) is 8.79. The van der Waals surface area contributed by atoms with E-state index in [1.54, 1.807) is 23.1 Å². The van der Waals surface area contributed by atoms with Crippen LogP contribution in [-0.4, -0.2) is 48.9 Å². The second-order valence-electron chi connectivity index (χ2n) is 9.93. The van der Waals surface area contributed by atoms with E-state index in [4.69, 9.17) is 23.2 Å². The number of hydrogen-bond acceptors (Lipinski definition) is 3. The Hall–Kier alpha value is -2.29.